The number of benzene rings is 8. The minimum Gasteiger partial charge on any atom is -0.456 e. The number of aromatic nitrogens is 4. The molecule has 11 rings (SSSR count). The molecule has 262 valence electrons. The Morgan fingerprint density at radius 3 is 1.71 bits per heavy atom. The second kappa shape index (κ2) is 13.0. The fourth-order valence-electron chi connectivity index (χ4n) is 7.47. The van der Waals surface area contributed by atoms with E-state index in [2.05, 4.69) is 0 Å². The molecule has 11 aromatic rings. The molecule has 3 heterocycles. The van der Waals surface area contributed by atoms with Gasteiger partial charge in [0.05, 0.1) is 26.3 Å². The van der Waals surface area contributed by atoms with E-state index in [1.54, 1.807) is 10.6 Å². The highest BCUT2D eigenvalue weighted by Crippen LogP contribution is 2.41. The summed E-state index contributed by atoms with van der Waals surface area (Å²) in [5.74, 6) is 0.591. The number of fused-ring (bicyclic) bond motifs is 6. The van der Waals surface area contributed by atoms with E-state index in [-0.39, 0.29) is 63.4 Å². The molecule has 56 heavy (non-hydrogen) atoms. The Kier molecular flexibility index (Phi) is 5.92. The van der Waals surface area contributed by atoms with Gasteiger partial charge in [-0.2, -0.15) is 0 Å². The Labute approximate surface area is 332 Å². The van der Waals surface area contributed by atoms with Gasteiger partial charge >= 0.3 is 0 Å². The van der Waals surface area contributed by atoms with Crippen LogP contribution in [0.15, 0.2) is 198 Å². The summed E-state index contributed by atoms with van der Waals surface area (Å²) in [5, 5.41) is 1.82. The molecule has 0 radical (unpaired) electrons. The van der Waals surface area contributed by atoms with E-state index in [0.717, 1.165) is 33.0 Å². The van der Waals surface area contributed by atoms with Crippen LogP contribution in [0.4, 0.5) is 0 Å². The lowest BCUT2D eigenvalue weighted by molar-refractivity contribution is 0.668. The number of hydrogen-bond acceptors (Lipinski definition) is 4. The Morgan fingerprint density at radius 1 is 0.429 bits per heavy atom. The topological polar surface area (TPSA) is 56.7 Å². The predicted molar refractivity (Wildman–Crippen MR) is 229 cm³/mol. The zero-order valence-electron chi connectivity index (χ0n) is 36.6. The largest absolute Gasteiger partial charge is 0.456 e. The van der Waals surface area contributed by atoms with E-state index in [9.17, 15) is 6.85 Å². The maximum atomic E-state index is 10.1. The highest BCUT2D eigenvalue weighted by molar-refractivity contribution is 6.14. The molecule has 0 spiro atoms. The average molecular weight is 724 g/mol. The molecule has 5 heteroatoms. The lowest BCUT2D eigenvalue weighted by atomic mass is 9.98. The van der Waals surface area contributed by atoms with Crippen molar-refractivity contribution in [2.75, 3.05) is 0 Å². The summed E-state index contributed by atoms with van der Waals surface area (Å²) in [4.78, 5) is 14.7. The maximum absolute atomic E-state index is 10.1. The van der Waals surface area contributed by atoms with E-state index in [1.807, 2.05) is 146 Å². The normalized spacial score (nSPS) is 13.3. The smallest absolute Gasteiger partial charge is 0.164 e. The summed E-state index contributed by atoms with van der Waals surface area (Å²) in [7, 11) is 0. The molecule has 0 aliphatic heterocycles. The number of hydrogen-bond donors (Lipinski definition) is 0. The summed E-state index contributed by atoms with van der Waals surface area (Å²) in [5.41, 5.74) is 6.79. The van der Waals surface area contributed by atoms with Crippen molar-refractivity contribution in [1.82, 2.24) is 19.5 Å². The second-order valence-corrected chi connectivity index (χ2v) is 13.5. The van der Waals surface area contributed by atoms with Gasteiger partial charge < -0.3 is 8.98 Å². The summed E-state index contributed by atoms with van der Waals surface area (Å²) in [6.45, 7) is 0. The molecule has 5 nitrogen and oxygen atoms in total. The average Bonchev–Trinajstić information content (AvgIpc) is 3.90. The number of furan rings is 1. The molecule has 0 unspecified atom stereocenters. The Balaban J connectivity index is 1.23. The third kappa shape index (κ3) is 5.37. The zero-order valence-corrected chi connectivity index (χ0v) is 29.6. The van der Waals surface area contributed by atoms with Crippen LogP contribution in [-0.4, -0.2) is 19.5 Å². The third-order valence-electron chi connectivity index (χ3n) is 10.1. The monoisotopic (exact) mass is 723 g/mol. The van der Waals surface area contributed by atoms with Crippen LogP contribution in [0.5, 0.6) is 0 Å². The van der Waals surface area contributed by atoms with E-state index in [1.165, 1.54) is 0 Å². The van der Waals surface area contributed by atoms with E-state index in [4.69, 9.17) is 22.1 Å². The van der Waals surface area contributed by atoms with Gasteiger partial charge in [0.1, 0.15) is 11.2 Å². The van der Waals surface area contributed by atoms with Crippen LogP contribution < -0.4 is 0 Å². The minimum absolute atomic E-state index is 0.00883. The van der Waals surface area contributed by atoms with Gasteiger partial charge in [-0.1, -0.05) is 164 Å². The van der Waals surface area contributed by atoms with E-state index < -0.39 is 12.1 Å². The van der Waals surface area contributed by atoms with Crippen molar-refractivity contribution < 1.29 is 14.0 Å². The van der Waals surface area contributed by atoms with Gasteiger partial charge in [0.25, 0.3) is 0 Å². The summed E-state index contributed by atoms with van der Waals surface area (Å²) < 4.78 is 73.3. The van der Waals surface area contributed by atoms with E-state index >= 15 is 0 Å². The molecule has 0 saturated heterocycles. The molecule has 0 fully saturated rings. The van der Waals surface area contributed by atoms with Crippen LogP contribution in [0, 0.1) is 0 Å². The van der Waals surface area contributed by atoms with Gasteiger partial charge in [0.15, 0.2) is 17.5 Å². The Bertz CT molecular complexity index is 3630. The van der Waals surface area contributed by atoms with Crippen molar-refractivity contribution in [1.29, 1.82) is 0 Å². The minimum atomic E-state index is -0.487. The molecule has 0 bridgehead atoms. The number of para-hydroxylation sites is 2. The van der Waals surface area contributed by atoms with Gasteiger partial charge in [-0.25, -0.2) is 15.0 Å². The molecule has 8 aromatic carbocycles. The van der Waals surface area contributed by atoms with Crippen molar-refractivity contribution in [2.24, 2.45) is 0 Å². The van der Waals surface area contributed by atoms with Gasteiger partial charge in [0, 0.05) is 44.3 Å². The van der Waals surface area contributed by atoms with Crippen molar-refractivity contribution in [3.05, 3.63) is 194 Å². The molecule has 3 aromatic heterocycles. The highest BCUT2D eigenvalue weighted by atomic mass is 16.3. The number of nitrogens with zero attached hydrogens (tertiary/aromatic N) is 4. The zero-order chi connectivity index (χ0) is 43.1. The molecular weight excluding hydrogens is 685 g/mol. The van der Waals surface area contributed by atoms with Crippen LogP contribution in [0.2, 0.25) is 0 Å². The molecule has 0 atom stereocenters. The van der Waals surface area contributed by atoms with Crippen LogP contribution in [0.1, 0.15) is 9.60 Å². The van der Waals surface area contributed by atoms with Crippen LogP contribution >= 0.6 is 0 Å². The van der Waals surface area contributed by atoms with Crippen LogP contribution in [0.3, 0.4) is 0 Å². The summed E-state index contributed by atoms with van der Waals surface area (Å²) in [6.07, 6.45) is 0. The third-order valence-corrected chi connectivity index (χ3v) is 10.1. The van der Waals surface area contributed by atoms with Gasteiger partial charge in [-0.15, -0.1) is 0 Å². The fourth-order valence-corrected chi connectivity index (χ4v) is 7.47. The predicted octanol–water partition coefficient (Wildman–Crippen LogP) is 13.2. The van der Waals surface area contributed by atoms with Crippen LogP contribution in [-0.2, 0) is 0 Å². The highest BCUT2D eigenvalue weighted by Gasteiger charge is 2.20. The molecule has 0 amide bonds. The molecule has 0 N–H and O–H groups in total. The van der Waals surface area contributed by atoms with Crippen molar-refractivity contribution >= 4 is 43.7 Å². The Hall–Kier alpha value is -7.63. The van der Waals surface area contributed by atoms with Crippen molar-refractivity contribution in [2.45, 2.75) is 0 Å². The first-order valence-corrected chi connectivity index (χ1v) is 18.2. The summed E-state index contributed by atoms with van der Waals surface area (Å²) in [6, 6.07) is 45.7. The molecule has 0 aliphatic rings. The first kappa shape index (κ1) is 25.4. The lowest BCUT2D eigenvalue weighted by Gasteiger charge is -2.13. The van der Waals surface area contributed by atoms with Gasteiger partial charge in [0.2, 0.25) is 0 Å². The van der Waals surface area contributed by atoms with Crippen molar-refractivity contribution in [3.63, 3.8) is 0 Å². The van der Waals surface area contributed by atoms with Gasteiger partial charge in [-0.3, -0.25) is 0 Å². The SMILES string of the molecule is [2H]c1c([2H])c([2H])c2c(c1[2H])c1c([2H])c([2H])c(-c3nc(-c4ccccc4)nc(-c4ccc(-c5ccccc5)cc4)n3)c([2H])c1n2-c1cc(-c2ccccc2)c2c(c1)oc1ccccc12. The standard InChI is InChI=1S/C51H32N4O/c1-4-14-33(15-5-1)34-24-26-37(27-25-34)50-52-49(36-18-8-3-9-19-36)53-51(54-50)38-28-29-41-40-20-10-12-22-44(40)55(45(41)30-38)39-31-43(35-16-6-2-7-17-35)48-42-21-11-13-23-46(42)56-47(48)32-39/h1-32H/i10D,12D,20D,22D,28D,29D,30D. The molecule has 0 aliphatic carbocycles. The van der Waals surface area contributed by atoms with Crippen LogP contribution in [0.25, 0.3) is 106 Å². The number of rotatable bonds is 6. The second-order valence-electron chi connectivity index (χ2n) is 13.5. The maximum Gasteiger partial charge on any atom is 0.164 e. The first-order chi connectivity index (χ1) is 30.7. The molecule has 0 saturated carbocycles. The molecular formula is C51H32N4O. The Morgan fingerprint density at radius 2 is 0.982 bits per heavy atom. The fraction of sp³-hybridized carbons (Fsp3) is 0. The summed E-state index contributed by atoms with van der Waals surface area (Å²) >= 11 is 0. The van der Waals surface area contributed by atoms with Crippen molar-refractivity contribution in [3.8, 4) is 62.1 Å². The lowest BCUT2D eigenvalue weighted by Crippen LogP contribution is -2.00. The van der Waals surface area contributed by atoms with E-state index in [0.29, 0.717) is 39.6 Å². The van der Waals surface area contributed by atoms with Gasteiger partial charge in [-0.05, 0) is 46.5 Å². The first-order valence-electron chi connectivity index (χ1n) is 21.7. The quantitative estimate of drug-likeness (QED) is 0.171.